The fraction of sp³-hybridized carbons (Fsp3) is 0.737. The van der Waals surface area contributed by atoms with Gasteiger partial charge in [0.1, 0.15) is 4.21 Å². The van der Waals surface area contributed by atoms with Crippen LogP contribution in [0.1, 0.15) is 45.4 Å². The average molecular weight is 415 g/mol. The van der Waals surface area contributed by atoms with E-state index in [-0.39, 0.29) is 11.8 Å². The van der Waals surface area contributed by atoms with Crippen LogP contribution in [0.15, 0.2) is 21.7 Å². The number of rotatable bonds is 7. The van der Waals surface area contributed by atoms with Crippen molar-refractivity contribution in [2.75, 3.05) is 32.7 Å². The van der Waals surface area contributed by atoms with Crippen molar-refractivity contribution in [3.63, 3.8) is 0 Å². The first kappa shape index (κ1) is 20.8. The fourth-order valence-electron chi connectivity index (χ4n) is 4.19. The van der Waals surface area contributed by atoms with Gasteiger partial charge in [-0.3, -0.25) is 4.79 Å². The van der Waals surface area contributed by atoms with Gasteiger partial charge in [0.25, 0.3) is 10.0 Å². The van der Waals surface area contributed by atoms with Crippen LogP contribution in [0, 0.1) is 5.92 Å². The highest BCUT2D eigenvalue weighted by molar-refractivity contribution is 7.91. The van der Waals surface area contributed by atoms with Crippen molar-refractivity contribution < 1.29 is 18.1 Å². The van der Waals surface area contributed by atoms with E-state index in [2.05, 4.69) is 12.2 Å². The zero-order valence-corrected chi connectivity index (χ0v) is 17.8. The quantitative estimate of drug-likeness (QED) is 0.657. The smallest absolute Gasteiger partial charge is 0.252 e. The van der Waals surface area contributed by atoms with Crippen molar-refractivity contribution in [2.45, 2.75) is 55.7 Å². The molecule has 1 aromatic rings. The summed E-state index contributed by atoms with van der Waals surface area (Å²) in [7, 11) is -3.39. The Morgan fingerprint density at radius 2 is 2.07 bits per heavy atom. The highest BCUT2D eigenvalue weighted by atomic mass is 32.2. The Morgan fingerprint density at radius 3 is 2.74 bits per heavy atom. The molecule has 0 bridgehead atoms. The molecule has 2 fully saturated rings. The van der Waals surface area contributed by atoms with Crippen LogP contribution in [0.4, 0.5) is 0 Å². The molecule has 1 amide bonds. The van der Waals surface area contributed by atoms with Crippen molar-refractivity contribution in [1.29, 1.82) is 0 Å². The number of nitrogens with zero attached hydrogens (tertiary/aromatic N) is 1. The van der Waals surface area contributed by atoms with Gasteiger partial charge in [-0.1, -0.05) is 6.07 Å². The molecule has 0 spiro atoms. The van der Waals surface area contributed by atoms with Gasteiger partial charge in [-0.05, 0) is 50.5 Å². The number of piperidine rings is 2. The van der Waals surface area contributed by atoms with Crippen LogP contribution in [-0.2, 0) is 14.8 Å². The molecule has 6 nitrogen and oxygen atoms in total. The Labute approximate surface area is 167 Å². The van der Waals surface area contributed by atoms with Crippen LogP contribution in [0.5, 0.6) is 0 Å². The van der Waals surface area contributed by atoms with Crippen molar-refractivity contribution in [3.8, 4) is 0 Å². The number of quaternary nitrogens is 1. The molecule has 0 aliphatic carbocycles. The van der Waals surface area contributed by atoms with E-state index in [1.54, 1.807) is 22.4 Å². The Kier molecular flexibility index (Phi) is 7.30. The van der Waals surface area contributed by atoms with Crippen molar-refractivity contribution in [2.24, 2.45) is 5.92 Å². The van der Waals surface area contributed by atoms with Gasteiger partial charge in [-0.25, -0.2) is 8.42 Å². The van der Waals surface area contributed by atoms with E-state index in [1.807, 2.05) is 0 Å². The van der Waals surface area contributed by atoms with Crippen LogP contribution >= 0.6 is 11.3 Å². The lowest BCUT2D eigenvalue weighted by Gasteiger charge is -2.31. The maximum absolute atomic E-state index is 12.5. The second-order valence-electron chi connectivity index (χ2n) is 7.81. The Balaban J connectivity index is 1.37. The molecule has 2 atom stereocenters. The van der Waals surface area contributed by atoms with Crippen molar-refractivity contribution in [3.05, 3.63) is 17.5 Å². The van der Waals surface area contributed by atoms with Gasteiger partial charge >= 0.3 is 0 Å². The Hall–Kier alpha value is -0.960. The minimum atomic E-state index is -3.39. The van der Waals surface area contributed by atoms with E-state index >= 15 is 0 Å². The summed E-state index contributed by atoms with van der Waals surface area (Å²) < 4.78 is 27.0. The summed E-state index contributed by atoms with van der Waals surface area (Å²) in [5.74, 6) is 0.0194. The number of likely N-dealkylation sites (tertiary alicyclic amines) is 1. The lowest BCUT2D eigenvalue weighted by molar-refractivity contribution is -0.928. The van der Waals surface area contributed by atoms with E-state index in [0.29, 0.717) is 30.1 Å². The van der Waals surface area contributed by atoms with Gasteiger partial charge in [0.15, 0.2) is 0 Å². The molecule has 3 heterocycles. The zero-order chi connectivity index (χ0) is 19.3. The number of carbonyl (C=O) groups is 1. The molecule has 3 rings (SSSR count). The number of sulfonamides is 1. The zero-order valence-electron chi connectivity index (χ0n) is 16.2. The van der Waals surface area contributed by atoms with Gasteiger partial charge in [-0.15, -0.1) is 11.3 Å². The standard InChI is InChI=1S/C19H31N3O3S2/c1-16-6-2-3-11-21(16)12-5-10-20-19(23)17-8-13-22(14-9-17)27(24,25)18-7-4-15-26-18/h4,7,15-17H,2-3,5-6,8-14H2,1H3,(H,20,23)/p+1/t16-/m1/s1. The van der Waals surface area contributed by atoms with Crippen molar-refractivity contribution in [1.82, 2.24) is 9.62 Å². The topological polar surface area (TPSA) is 70.9 Å². The molecule has 0 radical (unpaired) electrons. The molecule has 27 heavy (non-hydrogen) atoms. The number of carbonyl (C=O) groups excluding carboxylic acids is 1. The minimum absolute atomic E-state index is 0.0685. The molecular formula is C19H32N3O3S2+. The third-order valence-corrected chi connectivity index (χ3v) is 9.24. The second-order valence-corrected chi connectivity index (χ2v) is 10.9. The number of amides is 1. The second kappa shape index (κ2) is 9.49. The van der Waals surface area contributed by atoms with Gasteiger partial charge < -0.3 is 10.2 Å². The van der Waals surface area contributed by atoms with Crippen molar-refractivity contribution >= 4 is 27.3 Å². The average Bonchev–Trinajstić information content (AvgIpc) is 3.22. The first-order valence-electron chi connectivity index (χ1n) is 10.1. The van der Waals surface area contributed by atoms with Crippen LogP contribution in [0.25, 0.3) is 0 Å². The van der Waals surface area contributed by atoms with Crippen LogP contribution < -0.4 is 10.2 Å². The minimum Gasteiger partial charge on any atom is -0.356 e. The molecule has 1 aromatic heterocycles. The molecule has 2 aliphatic rings. The van der Waals surface area contributed by atoms with E-state index in [9.17, 15) is 13.2 Å². The fourth-order valence-corrected chi connectivity index (χ4v) is 6.81. The highest BCUT2D eigenvalue weighted by Gasteiger charge is 2.32. The molecule has 1 unspecified atom stereocenters. The van der Waals surface area contributed by atoms with Gasteiger partial charge in [0.2, 0.25) is 5.91 Å². The predicted octanol–water partition coefficient (Wildman–Crippen LogP) is 1.11. The lowest BCUT2D eigenvalue weighted by Crippen LogP contribution is -3.16. The van der Waals surface area contributed by atoms with E-state index in [1.165, 1.54) is 41.4 Å². The maximum Gasteiger partial charge on any atom is 0.252 e. The summed E-state index contributed by atoms with van der Waals surface area (Å²) in [4.78, 5) is 14.1. The third kappa shape index (κ3) is 5.31. The summed E-state index contributed by atoms with van der Waals surface area (Å²) in [6.45, 7) is 6.28. The molecule has 0 saturated carbocycles. The summed E-state index contributed by atoms with van der Waals surface area (Å²) in [6, 6.07) is 4.14. The van der Waals surface area contributed by atoms with Gasteiger partial charge in [0.05, 0.1) is 19.1 Å². The van der Waals surface area contributed by atoms with Crippen LogP contribution in [-0.4, -0.2) is 57.4 Å². The molecule has 2 aliphatic heterocycles. The molecule has 2 saturated heterocycles. The normalized spacial score (nSPS) is 25.4. The Morgan fingerprint density at radius 1 is 1.30 bits per heavy atom. The first-order valence-corrected chi connectivity index (χ1v) is 12.5. The summed E-state index contributed by atoms with van der Waals surface area (Å²) in [6.07, 6.45) is 6.20. The predicted molar refractivity (Wildman–Crippen MR) is 107 cm³/mol. The molecule has 0 aromatic carbocycles. The highest BCUT2D eigenvalue weighted by Crippen LogP contribution is 2.26. The number of thiophene rings is 1. The summed E-state index contributed by atoms with van der Waals surface area (Å²) >= 11 is 1.25. The lowest BCUT2D eigenvalue weighted by atomic mass is 9.97. The molecule has 152 valence electrons. The summed E-state index contributed by atoms with van der Waals surface area (Å²) in [5.41, 5.74) is 0. The van der Waals surface area contributed by atoms with E-state index in [4.69, 9.17) is 0 Å². The molecule has 8 heteroatoms. The monoisotopic (exact) mass is 414 g/mol. The Bertz CT molecular complexity index is 698. The SMILES string of the molecule is C[C@@H]1CCCC[NH+]1CCCNC(=O)C1CCN(S(=O)(=O)c2cccs2)CC1. The number of hydrogen-bond donors (Lipinski definition) is 2. The largest absolute Gasteiger partial charge is 0.356 e. The third-order valence-electron chi connectivity index (χ3n) is 5.97. The van der Waals surface area contributed by atoms with E-state index < -0.39 is 10.0 Å². The molecular weight excluding hydrogens is 382 g/mol. The van der Waals surface area contributed by atoms with E-state index in [0.717, 1.165) is 25.6 Å². The first-order chi connectivity index (χ1) is 13.0. The van der Waals surface area contributed by atoms with Crippen LogP contribution in [0.2, 0.25) is 0 Å². The number of hydrogen-bond acceptors (Lipinski definition) is 4. The summed E-state index contributed by atoms with van der Waals surface area (Å²) in [5, 5.41) is 4.85. The maximum atomic E-state index is 12.5. The van der Waals surface area contributed by atoms with Gasteiger partial charge in [0, 0.05) is 32.0 Å². The van der Waals surface area contributed by atoms with Crippen LogP contribution in [0.3, 0.4) is 0 Å². The van der Waals surface area contributed by atoms with Gasteiger partial charge in [-0.2, -0.15) is 4.31 Å². The number of nitrogens with one attached hydrogen (secondary N) is 2. The molecule has 2 N–H and O–H groups in total.